The predicted molar refractivity (Wildman–Crippen MR) is 121 cm³/mol. The summed E-state index contributed by atoms with van der Waals surface area (Å²) in [6, 6.07) is 18.6. The van der Waals surface area contributed by atoms with Crippen molar-refractivity contribution in [3.8, 4) is 17.0 Å². The zero-order chi connectivity index (χ0) is 21.6. The Morgan fingerprint density at radius 2 is 1.81 bits per heavy atom. The minimum atomic E-state index is -0.179. The normalized spacial score (nSPS) is 13.8. The third-order valence-corrected chi connectivity index (χ3v) is 4.89. The van der Waals surface area contributed by atoms with Crippen molar-refractivity contribution in [2.75, 3.05) is 36.5 Å². The number of nitrogens with zero attached hydrogens (tertiary/aromatic N) is 3. The maximum Gasteiger partial charge on any atom is 0.255 e. The molecule has 0 unspecified atom stereocenters. The molecule has 1 N–H and O–H groups in total. The Kier molecular flexibility index (Phi) is 6.43. The summed E-state index contributed by atoms with van der Waals surface area (Å²) in [6.07, 6.45) is 0.0912. The summed E-state index contributed by atoms with van der Waals surface area (Å²) in [5, 5.41) is 11.7. The second-order valence-corrected chi connectivity index (χ2v) is 7.60. The zero-order valence-corrected chi connectivity index (χ0v) is 17.7. The van der Waals surface area contributed by atoms with Crippen molar-refractivity contribution in [3.05, 3.63) is 66.2 Å². The molecule has 1 aliphatic heterocycles. The van der Waals surface area contributed by atoms with Crippen LogP contribution in [0.1, 0.15) is 24.2 Å². The van der Waals surface area contributed by atoms with E-state index in [1.807, 2.05) is 50.2 Å². The molecule has 4 rings (SSSR count). The lowest BCUT2D eigenvalue weighted by Crippen LogP contribution is -2.36. The first-order valence-corrected chi connectivity index (χ1v) is 10.4. The molecule has 2 heterocycles. The van der Waals surface area contributed by atoms with Gasteiger partial charge in [-0.25, -0.2) is 0 Å². The molecule has 2 aromatic carbocycles. The van der Waals surface area contributed by atoms with Gasteiger partial charge in [0, 0.05) is 29.9 Å². The van der Waals surface area contributed by atoms with Gasteiger partial charge in [0.05, 0.1) is 25.0 Å². The maximum absolute atomic E-state index is 12.6. The number of hydrogen-bond donors (Lipinski definition) is 1. The molecule has 1 saturated heterocycles. The Labute approximate surface area is 182 Å². The Bertz CT molecular complexity index is 1010. The standard InChI is InChI=1S/C24H26N4O3/c1-17(2)31-21-8-6-18(7-9-21)24(29)25-20-5-3-4-19(16-20)22-10-11-23(27-26-22)28-12-14-30-15-13-28/h3-11,16-17H,12-15H2,1-2H3,(H,25,29). The number of morpholine rings is 1. The van der Waals surface area contributed by atoms with E-state index in [1.165, 1.54) is 0 Å². The number of carbonyl (C=O) groups is 1. The van der Waals surface area contributed by atoms with Crippen molar-refractivity contribution in [2.24, 2.45) is 0 Å². The molecule has 0 aliphatic carbocycles. The third-order valence-electron chi connectivity index (χ3n) is 4.89. The van der Waals surface area contributed by atoms with Gasteiger partial charge in [-0.1, -0.05) is 12.1 Å². The van der Waals surface area contributed by atoms with E-state index in [0.29, 0.717) is 24.5 Å². The number of benzene rings is 2. The zero-order valence-electron chi connectivity index (χ0n) is 17.7. The van der Waals surface area contributed by atoms with E-state index in [1.54, 1.807) is 24.3 Å². The monoisotopic (exact) mass is 418 g/mol. The molecule has 31 heavy (non-hydrogen) atoms. The highest BCUT2D eigenvalue weighted by Gasteiger charge is 2.13. The molecule has 0 spiro atoms. The molecular formula is C24H26N4O3. The molecule has 1 fully saturated rings. The van der Waals surface area contributed by atoms with Crippen LogP contribution in [0.25, 0.3) is 11.3 Å². The fourth-order valence-electron chi connectivity index (χ4n) is 3.36. The van der Waals surface area contributed by atoms with Crippen LogP contribution in [0.3, 0.4) is 0 Å². The number of anilines is 2. The topological polar surface area (TPSA) is 76.6 Å². The van der Waals surface area contributed by atoms with Gasteiger partial charge in [0.25, 0.3) is 5.91 Å². The third kappa shape index (κ3) is 5.38. The molecule has 0 atom stereocenters. The van der Waals surface area contributed by atoms with Gasteiger partial charge in [-0.15, -0.1) is 10.2 Å². The molecule has 160 valence electrons. The molecule has 1 amide bonds. The van der Waals surface area contributed by atoms with Crippen LogP contribution in [0, 0.1) is 0 Å². The number of ether oxygens (including phenoxy) is 2. The van der Waals surface area contributed by atoms with Gasteiger partial charge in [-0.05, 0) is 62.4 Å². The summed E-state index contributed by atoms with van der Waals surface area (Å²) < 4.78 is 11.0. The number of hydrogen-bond acceptors (Lipinski definition) is 6. The van der Waals surface area contributed by atoms with Crippen LogP contribution in [-0.4, -0.2) is 48.5 Å². The van der Waals surface area contributed by atoms with E-state index in [-0.39, 0.29) is 12.0 Å². The highest BCUT2D eigenvalue weighted by Crippen LogP contribution is 2.23. The summed E-state index contributed by atoms with van der Waals surface area (Å²) in [5.74, 6) is 1.41. The van der Waals surface area contributed by atoms with E-state index in [2.05, 4.69) is 20.4 Å². The van der Waals surface area contributed by atoms with Gasteiger partial charge in [0.1, 0.15) is 5.75 Å². The first-order valence-electron chi connectivity index (χ1n) is 10.4. The van der Waals surface area contributed by atoms with Crippen LogP contribution in [0.2, 0.25) is 0 Å². The Hall–Kier alpha value is -3.45. The van der Waals surface area contributed by atoms with Crippen molar-refractivity contribution < 1.29 is 14.3 Å². The lowest BCUT2D eigenvalue weighted by atomic mass is 10.1. The number of nitrogens with one attached hydrogen (secondary N) is 1. The van der Waals surface area contributed by atoms with Crippen LogP contribution in [0.4, 0.5) is 11.5 Å². The second-order valence-electron chi connectivity index (χ2n) is 7.60. The highest BCUT2D eigenvalue weighted by atomic mass is 16.5. The average Bonchev–Trinajstić information content (AvgIpc) is 2.80. The molecule has 1 aliphatic rings. The first-order chi connectivity index (χ1) is 15.1. The summed E-state index contributed by atoms with van der Waals surface area (Å²) in [7, 11) is 0. The van der Waals surface area contributed by atoms with Gasteiger partial charge < -0.3 is 19.7 Å². The van der Waals surface area contributed by atoms with Gasteiger partial charge >= 0.3 is 0 Å². The molecule has 7 nitrogen and oxygen atoms in total. The quantitative estimate of drug-likeness (QED) is 0.652. The Morgan fingerprint density at radius 1 is 1.03 bits per heavy atom. The number of amides is 1. The molecule has 1 aromatic heterocycles. The molecule has 3 aromatic rings. The van der Waals surface area contributed by atoms with Crippen molar-refractivity contribution in [1.82, 2.24) is 10.2 Å². The largest absolute Gasteiger partial charge is 0.491 e. The van der Waals surface area contributed by atoms with Gasteiger partial charge in [0.15, 0.2) is 5.82 Å². The lowest BCUT2D eigenvalue weighted by Gasteiger charge is -2.27. The van der Waals surface area contributed by atoms with Crippen molar-refractivity contribution in [2.45, 2.75) is 20.0 Å². The van der Waals surface area contributed by atoms with E-state index in [4.69, 9.17) is 9.47 Å². The Morgan fingerprint density at radius 3 is 2.48 bits per heavy atom. The van der Waals surface area contributed by atoms with E-state index >= 15 is 0 Å². The Balaban J connectivity index is 1.43. The summed E-state index contributed by atoms with van der Waals surface area (Å²) in [5.41, 5.74) is 2.91. The summed E-state index contributed by atoms with van der Waals surface area (Å²) >= 11 is 0. The van der Waals surface area contributed by atoms with Crippen LogP contribution in [0.5, 0.6) is 5.75 Å². The van der Waals surface area contributed by atoms with E-state index in [9.17, 15) is 4.79 Å². The fourth-order valence-corrected chi connectivity index (χ4v) is 3.36. The van der Waals surface area contributed by atoms with Crippen LogP contribution >= 0.6 is 0 Å². The van der Waals surface area contributed by atoms with Crippen molar-refractivity contribution in [1.29, 1.82) is 0 Å². The summed E-state index contributed by atoms with van der Waals surface area (Å²) in [6.45, 7) is 6.99. The van der Waals surface area contributed by atoms with E-state index in [0.717, 1.165) is 35.9 Å². The van der Waals surface area contributed by atoms with Crippen molar-refractivity contribution >= 4 is 17.4 Å². The summed E-state index contributed by atoms with van der Waals surface area (Å²) in [4.78, 5) is 14.8. The van der Waals surface area contributed by atoms with E-state index < -0.39 is 0 Å². The molecular weight excluding hydrogens is 392 g/mol. The highest BCUT2D eigenvalue weighted by molar-refractivity contribution is 6.04. The SMILES string of the molecule is CC(C)Oc1ccc(C(=O)Nc2cccc(-c3ccc(N4CCOCC4)nn3)c2)cc1. The lowest BCUT2D eigenvalue weighted by molar-refractivity contribution is 0.102. The van der Waals surface area contributed by atoms with Gasteiger partial charge in [0.2, 0.25) is 0 Å². The minimum Gasteiger partial charge on any atom is -0.491 e. The van der Waals surface area contributed by atoms with Crippen LogP contribution in [-0.2, 0) is 4.74 Å². The number of carbonyl (C=O) groups excluding carboxylic acids is 1. The maximum atomic E-state index is 12.6. The van der Waals surface area contributed by atoms with Crippen LogP contribution < -0.4 is 15.0 Å². The number of aromatic nitrogens is 2. The molecule has 0 saturated carbocycles. The fraction of sp³-hybridized carbons (Fsp3) is 0.292. The first kappa shape index (κ1) is 20.8. The molecule has 0 radical (unpaired) electrons. The van der Waals surface area contributed by atoms with Crippen LogP contribution in [0.15, 0.2) is 60.7 Å². The molecule has 7 heteroatoms. The minimum absolute atomic E-state index is 0.0912. The average molecular weight is 418 g/mol. The molecule has 0 bridgehead atoms. The van der Waals surface area contributed by atoms with Crippen molar-refractivity contribution in [3.63, 3.8) is 0 Å². The smallest absolute Gasteiger partial charge is 0.255 e. The number of rotatable bonds is 6. The predicted octanol–water partition coefficient (Wildman–Crippen LogP) is 4.02. The van der Waals surface area contributed by atoms with Gasteiger partial charge in [-0.3, -0.25) is 4.79 Å². The van der Waals surface area contributed by atoms with Gasteiger partial charge in [-0.2, -0.15) is 0 Å². The second kappa shape index (κ2) is 9.57.